The van der Waals surface area contributed by atoms with E-state index < -0.39 is 21.9 Å². The molecule has 7 nitrogen and oxygen atoms in total. The number of carboxylic acids is 1. The van der Waals surface area contributed by atoms with Gasteiger partial charge in [-0.1, -0.05) is 18.2 Å². The van der Waals surface area contributed by atoms with Crippen LogP contribution in [0.1, 0.15) is 23.5 Å². The average molecular weight is 375 g/mol. The molecule has 0 spiro atoms. The maximum Gasteiger partial charge on any atom is 0.311 e. The van der Waals surface area contributed by atoms with Crippen molar-refractivity contribution in [2.24, 2.45) is 0 Å². The van der Waals surface area contributed by atoms with Gasteiger partial charge in [-0.3, -0.25) is 9.10 Å². The lowest BCUT2D eigenvalue weighted by Crippen LogP contribution is -2.38. The fourth-order valence-corrected chi connectivity index (χ4v) is 5.19. The molecule has 0 radical (unpaired) electrons. The van der Waals surface area contributed by atoms with Crippen LogP contribution in [0.2, 0.25) is 0 Å². The van der Waals surface area contributed by atoms with Gasteiger partial charge in [-0.05, 0) is 36.6 Å². The van der Waals surface area contributed by atoms with E-state index in [0.29, 0.717) is 28.3 Å². The smallest absolute Gasteiger partial charge is 0.311 e. The lowest BCUT2D eigenvalue weighted by atomic mass is 9.91. The van der Waals surface area contributed by atoms with E-state index in [-0.39, 0.29) is 24.7 Å². The van der Waals surface area contributed by atoms with Crippen molar-refractivity contribution >= 4 is 21.7 Å². The van der Waals surface area contributed by atoms with Gasteiger partial charge in [0.25, 0.3) is 10.0 Å². The molecule has 136 valence electrons. The van der Waals surface area contributed by atoms with Crippen LogP contribution in [0.5, 0.6) is 11.5 Å². The molecule has 2 aliphatic heterocycles. The second-order valence-corrected chi connectivity index (χ2v) is 8.12. The summed E-state index contributed by atoms with van der Waals surface area (Å²) in [6.45, 7) is 1.86. The van der Waals surface area contributed by atoms with Gasteiger partial charge in [-0.15, -0.1) is 0 Å². The zero-order chi connectivity index (χ0) is 18.5. The van der Waals surface area contributed by atoms with E-state index in [4.69, 9.17) is 9.47 Å². The lowest BCUT2D eigenvalue weighted by Gasteiger charge is -2.33. The Balaban J connectivity index is 1.82. The van der Waals surface area contributed by atoms with Gasteiger partial charge in [-0.2, -0.15) is 0 Å². The Labute approximate surface area is 150 Å². The molecule has 0 aliphatic carbocycles. The number of rotatable bonds is 3. The van der Waals surface area contributed by atoms with Gasteiger partial charge in [0.05, 0.1) is 16.5 Å². The van der Waals surface area contributed by atoms with Crippen LogP contribution in [-0.2, 0) is 14.8 Å². The minimum Gasteiger partial charge on any atom is -0.481 e. The summed E-state index contributed by atoms with van der Waals surface area (Å²) in [6.07, 6.45) is 0.217. The minimum absolute atomic E-state index is 0.0606. The summed E-state index contributed by atoms with van der Waals surface area (Å²) in [5, 5.41) is 9.44. The van der Waals surface area contributed by atoms with E-state index >= 15 is 0 Å². The Morgan fingerprint density at radius 3 is 2.62 bits per heavy atom. The number of ether oxygens (including phenoxy) is 2. The van der Waals surface area contributed by atoms with Crippen LogP contribution in [0.15, 0.2) is 41.3 Å². The highest BCUT2D eigenvalue weighted by molar-refractivity contribution is 7.92. The summed E-state index contributed by atoms with van der Waals surface area (Å²) in [4.78, 5) is 11.7. The van der Waals surface area contributed by atoms with E-state index in [0.717, 1.165) is 0 Å². The molecule has 0 aromatic heterocycles. The Kier molecular flexibility index (Phi) is 3.80. The predicted octanol–water partition coefficient (Wildman–Crippen LogP) is 2.49. The predicted molar refractivity (Wildman–Crippen MR) is 93.3 cm³/mol. The molecule has 8 heteroatoms. The fourth-order valence-electron chi connectivity index (χ4n) is 3.46. The highest BCUT2D eigenvalue weighted by atomic mass is 32.2. The Bertz CT molecular complexity index is 1000. The summed E-state index contributed by atoms with van der Waals surface area (Å²) in [5.74, 6) is -0.751. The first-order chi connectivity index (χ1) is 12.4. The number of anilines is 1. The normalized spacial score (nSPS) is 18.5. The SMILES string of the molecule is Cc1cc2c(cc1S(=O)(=O)N1CCC(C(=O)O)c3ccccc31)OCO2. The molecule has 2 aliphatic rings. The molecule has 0 amide bonds. The zero-order valence-electron chi connectivity index (χ0n) is 14.0. The molecule has 0 saturated carbocycles. The quantitative estimate of drug-likeness (QED) is 0.886. The van der Waals surface area contributed by atoms with Crippen LogP contribution in [-0.4, -0.2) is 32.8 Å². The van der Waals surface area contributed by atoms with Gasteiger partial charge in [0.15, 0.2) is 11.5 Å². The van der Waals surface area contributed by atoms with Gasteiger partial charge in [0.1, 0.15) is 0 Å². The maximum atomic E-state index is 13.3. The highest BCUT2D eigenvalue weighted by Crippen LogP contribution is 2.41. The number of aryl methyl sites for hydroxylation is 1. The van der Waals surface area contributed by atoms with Gasteiger partial charge in [-0.25, -0.2) is 8.42 Å². The van der Waals surface area contributed by atoms with Crippen molar-refractivity contribution in [2.75, 3.05) is 17.6 Å². The fraction of sp³-hybridized carbons (Fsp3) is 0.278. The van der Waals surface area contributed by atoms with Crippen molar-refractivity contribution in [1.29, 1.82) is 0 Å². The standard InChI is InChI=1S/C18H17NO6S/c1-11-8-15-16(25-10-24-15)9-17(11)26(22,23)19-7-6-13(18(20)21)12-4-2-3-5-14(12)19/h2-5,8-9,13H,6-7,10H2,1H3,(H,20,21). The molecule has 0 bridgehead atoms. The highest BCUT2D eigenvalue weighted by Gasteiger charge is 2.37. The lowest BCUT2D eigenvalue weighted by molar-refractivity contribution is -0.139. The van der Waals surface area contributed by atoms with E-state index in [1.54, 1.807) is 37.3 Å². The third-order valence-corrected chi connectivity index (χ3v) is 6.69. The molecule has 1 N–H and O–H groups in total. The zero-order valence-corrected chi connectivity index (χ0v) is 14.8. The summed E-state index contributed by atoms with van der Waals surface area (Å²) in [5.41, 5.74) is 1.46. The number of benzene rings is 2. The Morgan fingerprint density at radius 1 is 1.19 bits per heavy atom. The first-order valence-corrected chi connectivity index (χ1v) is 9.58. The number of sulfonamides is 1. The number of fused-ring (bicyclic) bond motifs is 2. The van der Waals surface area contributed by atoms with Gasteiger partial charge in [0.2, 0.25) is 6.79 Å². The third kappa shape index (κ3) is 2.48. The second-order valence-electron chi connectivity index (χ2n) is 6.29. The molecule has 4 rings (SSSR count). The Morgan fingerprint density at radius 2 is 1.88 bits per heavy atom. The summed E-state index contributed by atoms with van der Waals surface area (Å²) < 4.78 is 38.5. The number of hydrogen-bond acceptors (Lipinski definition) is 5. The van der Waals surface area contributed by atoms with Crippen molar-refractivity contribution in [1.82, 2.24) is 0 Å². The van der Waals surface area contributed by atoms with Gasteiger partial charge >= 0.3 is 5.97 Å². The van der Waals surface area contributed by atoms with Crippen LogP contribution in [0.4, 0.5) is 5.69 Å². The van der Waals surface area contributed by atoms with Crippen LogP contribution in [0.25, 0.3) is 0 Å². The van der Waals surface area contributed by atoms with Crippen molar-refractivity contribution < 1.29 is 27.8 Å². The molecule has 2 aromatic carbocycles. The number of hydrogen-bond donors (Lipinski definition) is 1. The van der Waals surface area contributed by atoms with Crippen LogP contribution < -0.4 is 13.8 Å². The summed E-state index contributed by atoms with van der Waals surface area (Å²) >= 11 is 0. The molecular weight excluding hydrogens is 358 g/mol. The van der Waals surface area contributed by atoms with Crippen molar-refractivity contribution in [3.05, 3.63) is 47.5 Å². The molecule has 26 heavy (non-hydrogen) atoms. The number of aliphatic carboxylic acids is 1. The van der Waals surface area contributed by atoms with Crippen molar-refractivity contribution in [3.63, 3.8) is 0 Å². The average Bonchev–Trinajstić information content (AvgIpc) is 3.06. The van der Waals surface area contributed by atoms with E-state index in [1.807, 2.05) is 0 Å². The minimum atomic E-state index is -3.87. The molecule has 2 aromatic rings. The summed E-state index contributed by atoms with van der Waals surface area (Å²) in [7, 11) is -3.87. The van der Waals surface area contributed by atoms with Crippen LogP contribution >= 0.6 is 0 Å². The van der Waals surface area contributed by atoms with E-state index in [2.05, 4.69) is 0 Å². The van der Waals surface area contributed by atoms with Gasteiger partial charge < -0.3 is 14.6 Å². The van der Waals surface area contributed by atoms with Gasteiger partial charge in [0, 0.05) is 12.6 Å². The second kappa shape index (κ2) is 5.91. The topological polar surface area (TPSA) is 93.1 Å². The number of carboxylic acid groups (broad SMARTS) is 1. The summed E-state index contributed by atoms with van der Waals surface area (Å²) in [6, 6.07) is 9.85. The van der Waals surface area contributed by atoms with Crippen molar-refractivity contribution in [2.45, 2.75) is 24.2 Å². The van der Waals surface area contributed by atoms with Crippen LogP contribution in [0, 0.1) is 6.92 Å². The third-order valence-electron chi connectivity index (χ3n) is 4.74. The molecule has 1 unspecified atom stereocenters. The molecule has 2 heterocycles. The van der Waals surface area contributed by atoms with Crippen LogP contribution in [0.3, 0.4) is 0 Å². The molecule has 1 atom stereocenters. The number of carbonyl (C=O) groups is 1. The number of para-hydroxylation sites is 1. The largest absolute Gasteiger partial charge is 0.481 e. The molecular formula is C18H17NO6S. The Hall–Kier alpha value is -2.74. The first kappa shape index (κ1) is 16.7. The molecule has 0 fully saturated rings. The van der Waals surface area contributed by atoms with Crippen molar-refractivity contribution in [3.8, 4) is 11.5 Å². The number of nitrogens with zero attached hydrogens (tertiary/aromatic N) is 1. The first-order valence-electron chi connectivity index (χ1n) is 8.14. The maximum absolute atomic E-state index is 13.3. The van der Waals surface area contributed by atoms with E-state index in [9.17, 15) is 18.3 Å². The molecule has 0 saturated heterocycles. The monoisotopic (exact) mass is 375 g/mol. The van der Waals surface area contributed by atoms with E-state index in [1.165, 1.54) is 10.4 Å².